The molecule has 0 bridgehead atoms. The first-order valence-electron chi connectivity index (χ1n) is 5.72. The molecule has 0 saturated carbocycles. The first-order chi connectivity index (χ1) is 7.65. The van der Waals surface area contributed by atoms with Crippen molar-refractivity contribution in [1.82, 2.24) is 0 Å². The van der Waals surface area contributed by atoms with Gasteiger partial charge in [-0.15, -0.1) is 0 Å². The van der Waals surface area contributed by atoms with Crippen molar-refractivity contribution in [2.45, 2.75) is 27.2 Å². The van der Waals surface area contributed by atoms with Gasteiger partial charge in [-0.05, 0) is 55.0 Å². The third-order valence-corrected chi connectivity index (χ3v) is 3.35. The third-order valence-electron chi connectivity index (χ3n) is 2.37. The van der Waals surface area contributed by atoms with E-state index >= 15 is 0 Å². The van der Waals surface area contributed by atoms with Gasteiger partial charge >= 0.3 is 0 Å². The van der Waals surface area contributed by atoms with Crippen LogP contribution in [0.1, 0.15) is 24.5 Å². The molecule has 0 aromatic heterocycles. The van der Waals surface area contributed by atoms with Crippen molar-refractivity contribution in [3.05, 3.63) is 23.3 Å². The van der Waals surface area contributed by atoms with Crippen LogP contribution < -0.4 is 10.5 Å². The molecule has 1 aromatic rings. The molecule has 0 aliphatic carbocycles. The molecular weight excluding hydrogens is 218 g/mol. The summed E-state index contributed by atoms with van der Waals surface area (Å²) in [6, 6.07) is 3.92. The summed E-state index contributed by atoms with van der Waals surface area (Å²) in [7, 11) is 0. The van der Waals surface area contributed by atoms with E-state index in [1.54, 1.807) is 0 Å². The standard InChI is InChI=1S/C13H21NOS/c1-4-16-7-5-6-15-13-10(2)8-12(14)9-11(13)3/h8-9H,4-7,14H2,1-3H3. The molecule has 0 saturated heterocycles. The molecule has 0 fully saturated rings. The van der Waals surface area contributed by atoms with Gasteiger partial charge in [-0.2, -0.15) is 11.8 Å². The number of thioether (sulfide) groups is 1. The van der Waals surface area contributed by atoms with E-state index < -0.39 is 0 Å². The Kier molecular flexibility index (Phi) is 5.53. The fourth-order valence-electron chi connectivity index (χ4n) is 1.69. The summed E-state index contributed by atoms with van der Waals surface area (Å²) >= 11 is 1.95. The molecule has 0 heterocycles. The number of anilines is 1. The summed E-state index contributed by atoms with van der Waals surface area (Å²) in [5.74, 6) is 3.35. The number of nitrogen functional groups attached to an aromatic ring is 1. The van der Waals surface area contributed by atoms with Crippen LogP contribution in [-0.4, -0.2) is 18.1 Å². The fourth-order valence-corrected chi connectivity index (χ4v) is 2.30. The molecule has 90 valence electrons. The molecule has 0 unspecified atom stereocenters. The van der Waals surface area contributed by atoms with Crippen LogP contribution in [-0.2, 0) is 0 Å². The summed E-state index contributed by atoms with van der Waals surface area (Å²) in [6.45, 7) is 7.05. The summed E-state index contributed by atoms with van der Waals surface area (Å²) in [6.07, 6.45) is 1.10. The van der Waals surface area contributed by atoms with Crippen molar-refractivity contribution in [1.29, 1.82) is 0 Å². The quantitative estimate of drug-likeness (QED) is 0.610. The SMILES string of the molecule is CCSCCCOc1c(C)cc(N)cc1C. The van der Waals surface area contributed by atoms with E-state index in [1.165, 1.54) is 11.5 Å². The Labute approximate surface area is 103 Å². The molecule has 0 aliphatic heterocycles. The van der Waals surface area contributed by atoms with Crippen LogP contribution in [0.3, 0.4) is 0 Å². The molecule has 0 aliphatic rings. The van der Waals surface area contributed by atoms with Gasteiger partial charge in [0.25, 0.3) is 0 Å². The van der Waals surface area contributed by atoms with Crippen molar-refractivity contribution in [2.24, 2.45) is 0 Å². The highest BCUT2D eigenvalue weighted by atomic mass is 32.2. The van der Waals surface area contributed by atoms with E-state index in [-0.39, 0.29) is 0 Å². The minimum atomic E-state index is 0.790. The zero-order valence-electron chi connectivity index (χ0n) is 10.4. The lowest BCUT2D eigenvalue weighted by Gasteiger charge is -2.12. The highest BCUT2D eigenvalue weighted by Crippen LogP contribution is 2.25. The summed E-state index contributed by atoms with van der Waals surface area (Å²) < 4.78 is 5.80. The van der Waals surface area contributed by atoms with E-state index in [9.17, 15) is 0 Å². The van der Waals surface area contributed by atoms with Gasteiger partial charge in [0, 0.05) is 5.69 Å². The van der Waals surface area contributed by atoms with Crippen LogP contribution in [0.2, 0.25) is 0 Å². The number of rotatable bonds is 6. The maximum atomic E-state index is 5.80. The predicted octanol–water partition coefficient (Wildman–Crippen LogP) is 3.41. The van der Waals surface area contributed by atoms with Gasteiger partial charge in [0.05, 0.1) is 6.61 Å². The van der Waals surface area contributed by atoms with Gasteiger partial charge in [-0.1, -0.05) is 6.92 Å². The van der Waals surface area contributed by atoms with Gasteiger partial charge in [-0.25, -0.2) is 0 Å². The van der Waals surface area contributed by atoms with Crippen LogP contribution in [0.25, 0.3) is 0 Å². The third kappa shape index (κ3) is 3.97. The maximum absolute atomic E-state index is 5.80. The van der Waals surface area contributed by atoms with Gasteiger partial charge in [0.15, 0.2) is 0 Å². The van der Waals surface area contributed by atoms with Gasteiger partial charge < -0.3 is 10.5 Å². The molecule has 1 aromatic carbocycles. The van der Waals surface area contributed by atoms with E-state index in [1.807, 2.05) is 37.7 Å². The largest absolute Gasteiger partial charge is 0.493 e. The Hall–Kier alpha value is -0.830. The number of ether oxygens (including phenoxy) is 1. The molecule has 1 rings (SSSR count). The Morgan fingerprint density at radius 1 is 1.25 bits per heavy atom. The van der Waals surface area contributed by atoms with Crippen molar-refractivity contribution < 1.29 is 4.74 Å². The minimum absolute atomic E-state index is 0.790. The molecule has 0 atom stereocenters. The van der Waals surface area contributed by atoms with Crippen LogP contribution in [0.15, 0.2) is 12.1 Å². The van der Waals surface area contributed by atoms with E-state index in [2.05, 4.69) is 6.92 Å². The summed E-state index contributed by atoms with van der Waals surface area (Å²) in [5.41, 5.74) is 8.82. The Morgan fingerprint density at radius 2 is 1.88 bits per heavy atom. The lowest BCUT2D eigenvalue weighted by molar-refractivity contribution is 0.314. The Bertz CT molecular complexity index is 316. The monoisotopic (exact) mass is 239 g/mol. The first-order valence-corrected chi connectivity index (χ1v) is 6.88. The maximum Gasteiger partial charge on any atom is 0.125 e. The number of hydrogen-bond donors (Lipinski definition) is 1. The number of hydrogen-bond acceptors (Lipinski definition) is 3. The van der Waals surface area contributed by atoms with Crippen LogP contribution in [0.5, 0.6) is 5.75 Å². The molecule has 0 amide bonds. The van der Waals surface area contributed by atoms with Crippen molar-refractivity contribution in [2.75, 3.05) is 23.8 Å². The van der Waals surface area contributed by atoms with Crippen molar-refractivity contribution in [3.63, 3.8) is 0 Å². The molecule has 2 N–H and O–H groups in total. The Balaban J connectivity index is 2.47. The van der Waals surface area contributed by atoms with Crippen molar-refractivity contribution >= 4 is 17.4 Å². The average Bonchev–Trinajstić information content (AvgIpc) is 2.20. The molecule has 0 spiro atoms. The zero-order valence-corrected chi connectivity index (χ0v) is 11.2. The van der Waals surface area contributed by atoms with E-state index in [0.717, 1.165) is 35.6 Å². The van der Waals surface area contributed by atoms with Gasteiger partial charge in [-0.3, -0.25) is 0 Å². The molecule has 3 heteroatoms. The molecule has 0 radical (unpaired) electrons. The zero-order chi connectivity index (χ0) is 12.0. The van der Waals surface area contributed by atoms with Gasteiger partial charge in [0.2, 0.25) is 0 Å². The van der Waals surface area contributed by atoms with Crippen LogP contribution in [0, 0.1) is 13.8 Å². The Morgan fingerprint density at radius 3 is 2.44 bits per heavy atom. The summed E-state index contributed by atoms with van der Waals surface area (Å²) in [5, 5.41) is 0. The second-order valence-electron chi connectivity index (χ2n) is 3.88. The second-order valence-corrected chi connectivity index (χ2v) is 5.28. The summed E-state index contributed by atoms with van der Waals surface area (Å²) in [4.78, 5) is 0. The van der Waals surface area contributed by atoms with Gasteiger partial charge in [0.1, 0.15) is 5.75 Å². The highest BCUT2D eigenvalue weighted by molar-refractivity contribution is 7.99. The lowest BCUT2D eigenvalue weighted by Crippen LogP contribution is -2.02. The number of nitrogens with two attached hydrogens (primary N) is 1. The molecular formula is C13H21NOS. The van der Waals surface area contributed by atoms with E-state index in [0.29, 0.717) is 0 Å². The normalized spacial score (nSPS) is 10.4. The lowest BCUT2D eigenvalue weighted by atomic mass is 10.1. The van der Waals surface area contributed by atoms with Crippen LogP contribution in [0.4, 0.5) is 5.69 Å². The second kappa shape index (κ2) is 6.69. The topological polar surface area (TPSA) is 35.2 Å². The number of aryl methyl sites for hydroxylation is 2. The highest BCUT2D eigenvalue weighted by Gasteiger charge is 2.04. The molecule has 16 heavy (non-hydrogen) atoms. The van der Waals surface area contributed by atoms with E-state index in [4.69, 9.17) is 10.5 Å². The fraction of sp³-hybridized carbons (Fsp3) is 0.538. The predicted molar refractivity (Wildman–Crippen MR) is 73.4 cm³/mol. The first kappa shape index (κ1) is 13.2. The average molecular weight is 239 g/mol. The van der Waals surface area contributed by atoms with Crippen LogP contribution >= 0.6 is 11.8 Å². The minimum Gasteiger partial charge on any atom is -0.493 e. The smallest absolute Gasteiger partial charge is 0.125 e. The van der Waals surface area contributed by atoms with Crippen molar-refractivity contribution in [3.8, 4) is 5.75 Å². The number of benzene rings is 1. The molecule has 2 nitrogen and oxygen atoms in total.